The fraction of sp³-hybridized carbons (Fsp3) is 0.500. The predicted molar refractivity (Wildman–Crippen MR) is 62.2 cm³/mol. The van der Waals surface area contributed by atoms with Gasteiger partial charge in [-0.2, -0.15) is 0 Å². The molecule has 16 heavy (non-hydrogen) atoms. The summed E-state index contributed by atoms with van der Waals surface area (Å²) in [4.78, 5) is 0. The molecule has 1 rings (SSSR count). The highest BCUT2D eigenvalue weighted by Gasteiger charge is 2.15. The maximum absolute atomic E-state index is 9.03. The van der Waals surface area contributed by atoms with E-state index in [4.69, 9.17) is 14.9 Å². The van der Waals surface area contributed by atoms with E-state index in [1.807, 2.05) is 30.3 Å². The number of ether oxygens (including phenoxy) is 1. The smallest absolute Gasteiger partial charge is 0.0657 e. The third kappa shape index (κ3) is 3.90. The largest absolute Gasteiger partial charge is 0.395 e. The average molecular weight is 225 g/mol. The average Bonchev–Trinajstić information content (AvgIpc) is 2.35. The molecule has 0 amide bonds. The Kier molecular flexibility index (Phi) is 6.03. The molecule has 4 heteroatoms. The van der Waals surface area contributed by atoms with Crippen molar-refractivity contribution in [3.05, 3.63) is 35.9 Å². The van der Waals surface area contributed by atoms with Crippen molar-refractivity contribution in [1.29, 1.82) is 0 Å². The minimum absolute atomic E-state index is 0.0181. The number of hydrogen-bond donors (Lipinski definition) is 3. The topological polar surface area (TPSA) is 61.7 Å². The Morgan fingerprint density at radius 1 is 1.19 bits per heavy atom. The molecule has 0 radical (unpaired) electrons. The van der Waals surface area contributed by atoms with Crippen LogP contribution in [0.15, 0.2) is 30.3 Å². The van der Waals surface area contributed by atoms with E-state index >= 15 is 0 Å². The summed E-state index contributed by atoms with van der Waals surface area (Å²) in [6, 6.07) is 9.49. The molecule has 0 saturated heterocycles. The first-order valence-corrected chi connectivity index (χ1v) is 5.33. The van der Waals surface area contributed by atoms with Crippen LogP contribution >= 0.6 is 0 Å². The van der Waals surface area contributed by atoms with Crippen molar-refractivity contribution < 1.29 is 14.9 Å². The van der Waals surface area contributed by atoms with Crippen molar-refractivity contribution >= 4 is 0 Å². The highest BCUT2D eigenvalue weighted by molar-refractivity contribution is 5.19. The zero-order chi connectivity index (χ0) is 11.8. The van der Waals surface area contributed by atoms with Crippen molar-refractivity contribution in [2.45, 2.75) is 12.1 Å². The molecule has 4 nitrogen and oxygen atoms in total. The number of hydrogen-bond acceptors (Lipinski definition) is 4. The van der Waals surface area contributed by atoms with Crippen LogP contribution in [0.4, 0.5) is 0 Å². The number of benzene rings is 1. The van der Waals surface area contributed by atoms with Crippen LogP contribution < -0.4 is 5.32 Å². The number of rotatable bonds is 7. The lowest BCUT2D eigenvalue weighted by Crippen LogP contribution is -2.40. The molecule has 0 fully saturated rings. The van der Waals surface area contributed by atoms with Gasteiger partial charge in [-0.25, -0.2) is 0 Å². The lowest BCUT2D eigenvalue weighted by atomic mass is 10.1. The van der Waals surface area contributed by atoms with Gasteiger partial charge < -0.3 is 20.3 Å². The summed E-state index contributed by atoms with van der Waals surface area (Å²) in [6.45, 7) is 0.313. The molecule has 0 aromatic heterocycles. The van der Waals surface area contributed by atoms with Crippen molar-refractivity contribution in [3.8, 4) is 0 Å². The number of aliphatic hydroxyl groups is 2. The Balaban J connectivity index is 2.67. The third-order valence-electron chi connectivity index (χ3n) is 2.41. The van der Waals surface area contributed by atoms with Gasteiger partial charge in [-0.05, 0) is 5.56 Å². The number of nitrogens with one attached hydrogen (secondary N) is 1. The summed E-state index contributed by atoms with van der Waals surface area (Å²) in [7, 11) is 1.63. The van der Waals surface area contributed by atoms with Crippen LogP contribution in [0.2, 0.25) is 0 Å². The van der Waals surface area contributed by atoms with Gasteiger partial charge in [-0.3, -0.25) is 0 Å². The van der Waals surface area contributed by atoms with E-state index in [9.17, 15) is 0 Å². The van der Waals surface area contributed by atoms with E-state index in [0.29, 0.717) is 6.61 Å². The first-order valence-electron chi connectivity index (χ1n) is 5.33. The zero-order valence-electron chi connectivity index (χ0n) is 9.47. The SMILES string of the molecule is COCC(NC(CO)CO)c1ccccc1. The lowest BCUT2D eigenvalue weighted by Gasteiger charge is -2.23. The lowest BCUT2D eigenvalue weighted by molar-refractivity contribution is 0.125. The molecule has 1 aromatic carbocycles. The van der Waals surface area contributed by atoms with Gasteiger partial charge in [0.2, 0.25) is 0 Å². The molecule has 90 valence electrons. The zero-order valence-corrected chi connectivity index (χ0v) is 9.47. The highest BCUT2D eigenvalue weighted by Crippen LogP contribution is 2.13. The first-order chi connectivity index (χ1) is 7.81. The van der Waals surface area contributed by atoms with Crippen LogP contribution in [0, 0.1) is 0 Å². The second-order valence-electron chi connectivity index (χ2n) is 3.65. The Bertz CT molecular complexity index is 275. The van der Waals surface area contributed by atoms with Crippen LogP contribution in [0.25, 0.3) is 0 Å². The van der Waals surface area contributed by atoms with E-state index in [-0.39, 0.29) is 25.3 Å². The second-order valence-corrected chi connectivity index (χ2v) is 3.65. The summed E-state index contributed by atoms with van der Waals surface area (Å²) < 4.78 is 5.12. The molecule has 1 unspecified atom stereocenters. The fourth-order valence-electron chi connectivity index (χ4n) is 1.54. The summed E-state index contributed by atoms with van der Waals surface area (Å²) >= 11 is 0. The molecule has 0 bridgehead atoms. The Morgan fingerprint density at radius 3 is 2.31 bits per heavy atom. The van der Waals surface area contributed by atoms with Gasteiger partial charge in [0.05, 0.1) is 31.9 Å². The Hall–Kier alpha value is -0.940. The quantitative estimate of drug-likeness (QED) is 0.625. The third-order valence-corrected chi connectivity index (χ3v) is 2.41. The van der Waals surface area contributed by atoms with E-state index in [0.717, 1.165) is 5.56 Å². The molecular formula is C12H19NO3. The van der Waals surface area contributed by atoms with E-state index < -0.39 is 0 Å². The monoisotopic (exact) mass is 225 g/mol. The van der Waals surface area contributed by atoms with Crippen molar-refractivity contribution in [2.24, 2.45) is 0 Å². The molecule has 0 aliphatic heterocycles. The van der Waals surface area contributed by atoms with Gasteiger partial charge in [0, 0.05) is 7.11 Å². The fourth-order valence-corrected chi connectivity index (χ4v) is 1.54. The molecule has 3 N–H and O–H groups in total. The van der Waals surface area contributed by atoms with Gasteiger partial charge in [0.25, 0.3) is 0 Å². The summed E-state index contributed by atoms with van der Waals surface area (Å²) in [5, 5.41) is 21.2. The Morgan fingerprint density at radius 2 is 1.81 bits per heavy atom. The second kappa shape index (κ2) is 7.35. The molecule has 0 aliphatic rings. The molecular weight excluding hydrogens is 206 g/mol. The van der Waals surface area contributed by atoms with Crippen LogP contribution in [-0.2, 0) is 4.74 Å². The molecule has 0 heterocycles. The summed E-state index contributed by atoms with van der Waals surface area (Å²) in [5.41, 5.74) is 1.08. The molecule has 1 aromatic rings. The van der Waals surface area contributed by atoms with E-state index in [1.54, 1.807) is 7.11 Å². The minimum Gasteiger partial charge on any atom is -0.395 e. The normalized spacial score (nSPS) is 13.0. The van der Waals surface area contributed by atoms with Gasteiger partial charge in [0.15, 0.2) is 0 Å². The van der Waals surface area contributed by atoms with Crippen LogP contribution in [0.5, 0.6) is 0 Å². The number of methoxy groups -OCH3 is 1. The van der Waals surface area contributed by atoms with E-state index in [1.165, 1.54) is 0 Å². The standard InChI is InChI=1S/C12H19NO3/c1-16-9-12(13-11(7-14)8-15)10-5-3-2-4-6-10/h2-6,11-15H,7-9H2,1H3. The first kappa shape index (κ1) is 13.1. The van der Waals surface area contributed by atoms with Gasteiger partial charge in [-0.1, -0.05) is 30.3 Å². The maximum Gasteiger partial charge on any atom is 0.0657 e. The molecule has 0 spiro atoms. The van der Waals surface area contributed by atoms with Crippen molar-refractivity contribution in [3.63, 3.8) is 0 Å². The summed E-state index contributed by atoms with van der Waals surface area (Å²) in [6.07, 6.45) is 0. The minimum atomic E-state index is -0.319. The maximum atomic E-state index is 9.03. The molecule has 1 atom stereocenters. The highest BCUT2D eigenvalue weighted by atomic mass is 16.5. The molecule has 0 saturated carbocycles. The molecule has 0 aliphatic carbocycles. The van der Waals surface area contributed by atoms with Crippen molar-refractivity contribution in [1.82, 2.24) is 5.32 Å². The Labute approximate surface area is 95.9 Å². The van der Waals surface area contributed by atoms with Crippen LogP contribution in [0.1, 0.15) is 11.6 Å². The van der Waals surface area contributed by atoms with Gasteiger partial charge in [0.1, 0.15) is 0 Å². The summed E-state index contributed by atoms with van der Waals surface area (Å²) in [5.74, 6) is 0. The van der Waals surface area contributed by atoms with Crippen LogP contribution in [0.3, 0.4) is 0 Å². The van der Waals surface area contributed by atoms with E-state index in [2.05, 4.69) is 5.32 Å². The number of aliphatic hydroxyl groups excluding tert-OH is 2. The van der Waals surface area contributed by atoms with Gasteiger partial charge in [-0.15, -0.1) is 0 Å². The van der Waals surface area contributed by atoms with Crippen molar-refractivity contribution in [2.75, 3.05) is 26.9 Å². The van der Waals surface area contributed by atoms with Gasteiger partial charge >= 0.3 is 0 Å². The van der Waals surface area contributed by atoms with Crippen LogP contribution in [-0.4, -0.2) is 43.2 Å². The predicted octanol–water partition coefficient (Wildman–Crippen LogP) is 0.317.